The minimum Gasteiger partial charge on any atom is -0.495 e. The second kappa shape index (κ2) is 9.30. The van der Waals surface area contributed by atoms with Crippen LogP contribution < -0.4 is 14.8 Å². The number of ether oxygens (including phenoxy) is 1. The maximum atomic E-state index is 12.8. The number of nitrogens with one attached hydrogen (secondary N) is 2. The van der Waals surface area contributed by atoms with Gasteiger partial charge >= 0.3 is 0 Å². The summed E-state index contributed by atoms with van der Waals surface area (Å²) in [5.74, 6) is -0.0209. The number of carbonyl (C=O) groups excluding carboxylic acids is 1. The molecule has 30 heavy (non-hydrogen) atoms. The molecule has 0 heterocycles. The zero-order valence-electron chi connectivity index (χ0n) is 16.5. The first-order valence-corrected chi connectivity index (χ1v) is 11.0. The summed E-state index contributed by atoms with van der Waals surface area (Å²) in [5, 5.41) is 3.19. The SMILES string of the molecule is COc1ccc(S(=O)(=O)NCc2ccccc2Cl)cc1NC(=O)c1ccc(C)cc1. The minimum absolute atomic E-state index is 0.00504. The highest BCUT2D eigenvalue weighted by Gasteiger charge is 2.18. The first-order chi connectivity index (χ1) is 14.3. The number of carbonyl (C=O) groups is 1. The first-order valence-electron chi connectivity index (χ1n) is 9.09. The number of benzene rings is 3. The molecule has 0 saturated carbocycles. The van der Waals surface area contributed by atoms with E-state index in [4.69, 9.17) is 16.3 Å². The topological polar surface area (TPSA) is 84.5 Å². The molecule has 0 atom stereocenters. The van der Waals surface area contributed by atoms with Crippen LogP contribution >= 0.6 is 11.6 Å². The Bertz CT molecular complexity index is 1160. The van der Waals surface area contributed by atoms with Gasteiger partial charge in [-0.25, -0.2) is 13.1 Å². The number of rotatable bonds is 7. The van der Waals surface area contributed by atoms with E-state index in [1.165, 1.54) is 25.3 Å². The van der Waals surface area contributed by atoms with Crippen molar-refractivity contribution in [3.8, 4) is 5.75 Å². The Hall–Kier alpha value is -2.87. The van der Waals surface area contributed by atoms with E-state index in [1.807, 2.05) is 19.1 Å². The number of anilines is 1. The molecule has 3 rings (SSSR count). The molecule has 2 N–H and O–H groups in total. The van der Waals surface area contributed by atoms with E-state index in [0.717, 1.165) is 5.56 Å². The fourth-order valence-electron chi connectivity index (χ4n) is 2.75. The van der Waals surface area contributed by atoms with E-state index < -0.39 is 10.0 Å². The molecule has 0 radical (unpaired) electrons. The Morgan fingerprint density at radius 3 is 2.40 bits per heavy atom. The van der Waals surface area contributed by atoms with Crippen LogP contribution in [0.25, 0.3) is 0 Å². The van der Waals surface area contributed by atoms with Crippen molar-refractivity contribution in [2.45, 2.75) is 18.4 Å². The molecule has 0 saturated heterocycles. The molecule has 3 aromatic rings. The van der Waals surface area contributed by atoms with Gasteiger partial charge in [0, 0.05) is 17.1 Å². The van der Waals surface area contributed by atoms with Gasteiger partial charge in [0.1, 0.15) is 5.75 Å². The zero-order valence-corrected chi connectivity index (χ0v) is 18.0. The fourth-order valence-corrected chi connectivity index (χ4v) is 3.98. The predicted molar refractivity (Wildman–Crippen MR) is 118 cm³/mol. The maximum Gasteiger partial charge on any atom is 0.255 e. The molecule has 3 aromatic carbocycles. The van der Waals surface area contributed by atoms with Gasteiger partial charge in [0.25, 0.3) is 5.91 Å². The lowest BCUT2D eigenvalue weighted by Crippen LogP contribution is -2.23. The molecule has 8 heteroatoms. The quantitative estimate of drug-likeness (QED) is 0.566. The normalized spacial score (nSPS) is 11.2. The van der Waals surface area contributed by atoms with Gasteiger partial charge in [-0.3, -0.25) is 4.79 Å². The Morgan fingerprint density at radius 1 is 1.03 bits per heavy atom. The lowest BCUT2D eigenvalue weighted by Gasteiger charge is -2.13. The molecule has 0 unspecified atom stereocenters. The molecule has 0 bridgehead atoms. The van der Waals surface area contributed by atoms with Crippen LogP contribution in [-0.2, 0) is 16.6 Å². The van der Waals surface area contributed by atoms with Crippen LogP contribution in [0.5, 0.6) is 5.75 Å². The Morgan fingerprint density at radius 2 is 1.73 bits per heavy atom. The Balaban J connectivity index is 1.83. The Kier molecular flexibility index (Phi) is 6.77. The van der Waals surface area contributed by atoms with Gasteiger partial charge in [-0.1, -0.05) is 47.5 Å². The average Bonchev–Trinajstić information content (AvgIpc) is 2.73. The number of hydrogen-bond donors (Lipinski definition) is 2. The van der Waals surface area contributed by atoms with Crippen molar-refractivity contribution in [3.05, 3.63) is 88.4 Å². The smallest absolute Gasteiger partial charge is 0.255 e. The van der Waals surface area contributed by atoms with Gasteiger partial charge in [0.2, 0.25) is 10.0 Å². The summed E-state index contributed by atoms with van der Waals surface area (Å²) in [6, 6.07) is 18.3. The predicted octanol–water partition coefficient (Wildman–Crippen LogP) is 4.39. The van der Waals surface area contributed by atoms with E-state index in [2.05, 4.69) is 10.0 Å². The highest BCUT2D eigenvalue weighted by molar-refractivity contribution is 7.89. The zero-order chi connectivity index (χ0) is 21.7. The molecule has 1 amide bonds. The monoisotopic (exact) mass is 444 g/mol. The van der Waals surface area contributed by atoms with Crippen molar-refractivity contribution in [1.29, 1.82) is 0 Å². The van der Waals surface area contributed by atoms with Gasteiger partial charge in [0.15, 0.2) is 0 Å². The number of hydrogen-bond acceptors (Lipinski definition) is 4. The van der Waals surface area contributed by atoms with Crippen LogP contribution in [0.3, 0.4) is 0 Å². The summed E-state index contributed by atoms with van der Waals surface area (Å²) in [6.07, 6.45) is 0. The van der Waals surface area contributed by atoms with Gasteiger partial charge < -0.3 is 10.1 Å². The summed E-state index contributed by atoms with van der Waals surface area (Å²) in [6.45, 7) is 1.97. The molecule has 0 aliphatic rings. The average molecular weight is 445 g/mol. The van der Waals surface area contributed by atoms with Crippen LogP contribution in [0.2, 0.25) is 5.02 Å². The molecular weight excluding hydrogens is 424 g/mol. The van der Waals surface area contributed by atoms with Crippen molar-refractivity contribution >= 4 is 33.2 Å². The van der Waals surface area contributed by atoms with Gasteiger partial charge in [0.05, 0.1) is 17.7 Å². The lowest BCUT2D eigenvalue weighted by atomic mass is 10.1. The van der Waals surface area contributed by atoms with E-state index in [0.29, 0.717) is 21.9 Å². The van der Waals surface area contributed by atoms with E-state index in [1.54, 1.807) is 36.4 Å². The number of sulfonamides is 1. The third-order valence-corrected chi connectivity index (χ3v) is 6.22. The van der Waals surface area contributed by atoms with Crippen molar-refractivity contribution < 1.29 is 17.9 Å². The molecule has 156 valence electrons. The molecule has 0 aliphatic heterocycles. The lowest BCUT2D eigenvalue weighted by molar-refractivity contribution is 0.102. The standard InChI is InChI=1S/C22H21ClN2O4S/c1-15-7-9-16(10-8-15)22(26)25-20-13-18(11-12-21(20)29-2)30(27,28)24-14-17-5-3-4-6-19(17)23/h3-13,24H,14H2,1-2H3,(H,25,26). The van der Waals surface area contributed by atoms with E-state index in [-0.39, 0.29) is 23.0 Å². The van der Waals surface area contributed by atoms with Crippen molar-refractivity contribution in [2.75, 3.05) is 12.4 Å². The number of aryl methyl sites for hydroxylation is 1. The van der Waals surface area contributed by atoms with E-state index >= 15 is 0 Å². The summed E-state index contributed by atoms with van der Waals surface area (Å²) in [5.41, 5.74) is 2.39. The second-order valence-corrected chi connectivity index (χ2v) is 8.77. The molecule has 0 fully saturated rings. The Labute approximate surface area is 180 Å². The highest BCUT2D eigenvalue weighted by Crippen LogP contribution is 2.28. The maximum absolute atomic E-state index is 12.8. The van der Waals surface area contributed by atoms with E-state index in [9.17, 15) is 13.2 Å². The molecule has 0 aromatic heterocycles. The van der Waals surface area contributed by atoms with Crippen LogP contribution in [0.4, 0.5) is 5.69 Å². The second-order valence-electron chi connectivity index (χ2n) is 6.60. The van der Waals surface area contributed by atoms with Crippen molar-refractivity contribution in [3.63, 3.8) is 0 Å². The van der Waals surface area contributed by atoms with Crippen LogP contribution in [-0.4, -0.2) is 21.4 Å². The van der Waals surface area contributed by atoms with Crippen LogP contribution in [0.15, 0.2) is 71.6 Å². The van der Waals surface area contributed by atoms with Crippen molar-refractivity contribution in [2.24, 2.45) is 0 Å². The van der Waals surface area contributed by atoms with Crippen molar-refractivity contribution in [1.82, 2.24) is 4.72 Å². The highest BCUT2D eigenvalue weighted by atomic mass is 35.5. The number of methoxy groups -OCH3 is 1. The van der Waals surface area contributed by atoms with Gasteiger partial charge in [-0.2, -0.15) is 0 Å². The number of halogens is 1. The molecule has 0 spiro atoms. The summed E-state index contributed by atoms with van der Waals surface area (Å²) in [7, 11) is -2.40. The summed E-state index contributed by atoms with van der Waals surface area (Å²) >= 11 is 6.09. The summed E-state index contributed by atoms with van der Waals surface area (Å²) in [4.78, 5) is 12.6. The first kappa shape index (κ1) is 21.8. The largest absolute Gasteiger partial charge is 0.495 e. The number of amides is 1. The molecule has 6 nitrogen and oxygen atoms in total. The third kappa shape index (κ3) is 5.18. The van der Waals surface area contributed by atoms with Gasteiger partial charge in [-0.15, -0.1) is 0 Å². The fraction of sp³-hybridized carbons (Fsp3) is 0.136. The summed E-state index contributed by atoms with van der Waals surface area (Å²) < 4.78 is 33.3. The molecular formula is C22H21ClN2O4S. The third-order valence-electron chi connectivity index (χ3n) is 4.45. The van der Waals surface area contributed by atoms with Gasteiger partial charge in [-0.05, 0) is 48.9 Å². The molecule has 0 aliphatic carbocycles. The van der Waals surface area contributed by atoms with Crippen LogP contribution in [0, 0.1) is 6.92 Å². The van der Waals surface area contributed by atoms with Crippen LogP contribution in [0.1, 0.15) is 21.5 Å². The minimum atomic E-state index is -3.84.